The number of hydrogen-bond donors (Lipinski definition) is 3. The lowest BCUT2D eigenvalue weighted by Crippen LogP contribution is -2.35. The molecule has 4 N–H and O–H groups in total. The summed E-state index contributed by atoms with van der Waals surface area (Å²) < 4.78 is 0. The van der Waals surface area contributed by atoms with E-state index < -0.39 is 0 Å². The minimum atomic E-state index is -0.00365. The minimum absolute atomic E-state index is 0.00365. The summed E-state index contributed by atoms with van der Waals surface area (Å²) in [6.07, 6.45) is 3.52. The summed E-state index contributed by atoms with van der Waals surface area (Å²) in [6, 6.07) is 0.348. The highest BCUT2D eigenvalue weighted by Crippen LogP contribution is 1.97. The van der Waals surface area contributed by atoms with E-state index in [1.165, 1.54) is 0 Å². The smallest absolute Gasteiger partial charge is 0.122 e. The average molecular weight is 182 g/mol. The Kier molecular flexibility index (Phi) is 4.84. The fraction of sp³-hybridized carbons (Fsp3) is 0.444. The highest BCUT2D eigenvalue weighted by Gasteiger charge is 2.00. The molecule has 0 fully saturated rings. The first-order valence-corrected chi connectivity index (χ1v) is 4.16. The first-order valence-electron chi connectivity index (χ1n) is 4.16. The number of hydrazine groups is 1. The van der Waals surface area contributed by atoms with Crippen molar-refractivity contribution in [2.75, 3.05) is 7.05 Å². The third-order valence-electron chi connectivity index (χ3n) is 1.60. The van der Waals surface area contributed by atoms with Crippen molar-refractivity contribution >= 4 is 5.84 Å². The van der Waals surface area contributed by atoms with Gasteiger partial charge in [-0.15, -0.1) is 0 Å². The second kappa shape index (κ2) is 5.37. The van der Waals surface area contributed by atoms with Crippen LogP contribution in [0.3, 0.4) is 0 Å². The van der Waals surface area contributed by atoms with Crippen LogP contribution >= 0.6 is 0 Å². The first kappa shape index (κ1) is 11.7. The van der Waals surface area contributed by atoms with Crippen LogP contribution in [0.1, 0.15) is 13.8 Å². The van der Waals surface area contributed by atoms with Crippen molar-refractivity contribution in [3.63, 3.8) is 0 Å². The number of rotatable bonds is 5. The molecular formula is C9H18N4. The number of amidine groups is 1. The summed E-state index contributed by atoms with van der Waals surface area (Å²) >= 11 is 0. The Morgan fingerprint density at radius 2 is 2.15 bits per heavy atom. The molecule has 0 radical (unpaired) electrons. The predicted octanol–water partition coefficient (Wildman–Crippen LogP) is 0.837. The molecule has 4 nitrogen and oxygen atoms in total. The number of hydrogen-bond acceptors (Lipinski definition) is 3. The fourth-order valence-electron chi connectivity index (χ4n) is 0.765. The normalized spacial score (nSPS) is 10.8. The molecule has 0 bridgehead atoms. The highest BCUT2D eigenvalue weighted by atomic mass is 15.5. The van der Waals surface area contributed by atoms with Crippen LogP contribution in [0, 0.1) is 5.41 Å². The minimum Gasteiger partial charge on any atom is -0.384 e. The van der Waals surface area contributed by atoms with Gasteiger partial charge in [0.05, 0.1) is 0 Å². The Morgan fingerprint density at radius 3 is 2.46 bits per heavy atom. The van der Waals surface area contributed by atoms with E-state index in [1.807, 2.05) is 18.3 Å². The maximum Gasteiger partial charge on any atom is 0.122 e. The molecule has 0 saturated carbocycles. The van der Waals surface area contributed by atoms with E-state index in [9.17, 15) is 0 Å². The van der Waals surface area contributed by atoms with E-state index in [-0.39, 0.29) is 5.84 Å². The van der Waals surface area contributed by atoms with Crippen LogP contribution in [0.4, 0.5) is 0 Å². The van der Waals surface area contributed by atoms with E-state index in [2.05, 4.69) is 25.9 Å². The van der Waals surface area contributed by atoms with E-state index in [0.717, 1.165) is 0 Å². The molecule has 0 saturated heterocycles. The first-order chi connectivity index (χ1) is 5.99. The summed E-state index contributed by atoms with van der Waals surface area (Å²) in [7, 11) is 1.83. The zero-order valence-electron chi connectivity index (χ0n) is 8.46. The largest absolute Gasteiger partial charge is 0.384 e. The second-order valence-corrected chi connectivity index (χ2v) is 2.98. The number of nitrogens with zero attached hydrogens (tertiary/aromatic N) is 1. The Hall–Kier alpha value is -1.29. The molecule has 74 valence electrons. The van der Waals surface area contributed by atoms with E-state index in [0.29, 0.717) is 11.6 Å². The van der Waals surface area contributed by atoms with Crippen LogP contribution in [0.2, 0.25) is 0 Å². The maximum atomic E-state index is 7.10. The van der Waals surface area contributed by atoms with E-state index >= 15 is 0 Å². The average Bonchev–Trinajstić information content (AvgIpc) is 2.04. The fourth-order valence-corrected chi connectivity index (χ4v) is 0.765. The summed E-state index contributed by atoms with van der Waals surface area (Å²) in [4.78, 5) is 0. The van der Waals surface area contributed by atoms with Crippen molar-refractivity contribution < 1.29 is 0 Å². The zero-order valence-corrected chi connectivity index (χ0v) is 8.46. The monoisotopic (exact) mass is 182 g/mol. The molecule has 0 amide bonds. The highest BCUT2D eigenvalue weighted by molar-refractivity contribution is 5.96. The van der Waals surface area contributed by atoms with Gasteiger partial charge in [-0.2, -0.15) is 0 Å². The van der Waals surface area contributed by atoms with E-state index in [1.54, 1.807) is 6.08 Å². The van der Waals surface area contributed by atoms with Crippen LogP contribution in [0.15, 0.2) is 24.4 Å². The summed E-state index contributed by atoms with van der Waals surface area (Å²) in [6.45, 7) is 7.73. The topological polar surface area (TPSA) is 65.1 Å². The Morgan fingerprint density at radius 1 is 1.62 bits per heavy atom. The van der Waals surface area contributed by atoms with Crippen molar-refractivity contribution in [1.82, 2.24) is 10.4 Å². The molecular weight excluding hydrogens is 164 g/mol. The molecule has 0 aromatic carbocycles. The molecule has 0 unspecified atom stereocenters. The Labute approximate surface area is 79.6 Å². The molecule has 0 aliphatic carbocycles. The number of nitrogens with two attached hydrogens (primary N) is 1. The van der Waals surface area contributed by atoms with Gasteiger partial charge in [0.15, 0.2) is 0 Å². The van der Waals surface area contributed by atoms with Crippen LogP contribution in [-0.4, -0.2) is 23.9 Å². The van der Waals surface area contributed by atoms with Gasteiger partial charge in [-0.1, -0.05) is 6.58 Å². The van der Waals surface area contributed by atoms with Crippen LogP contribution in [-0.2, 0) is 0 Å². The number of nitrogens with one attached hydrogen (secondary N) is 2. The van der Waals surface area contributed by atoms with Gasteiger partial charge < -0.3 is 10.7 Å². The lowest BCUT2D eigenvalue weighted by Gasteiger charge is -2.23. The van der Waals surface area contributed by atoms with Crippen molar-refractivity contribution in [3.05, 3.63) is 24.4 Å². The van der Waals surface area contributed by atoms with Gasteiger partial charge in [-0.05, 0) is 19.9 Å². The lowest BCUT2D eigenvalue weighted by molar-refractivity contribution is 0.242. The SMILES string of the molecule is C=C(/C=C\N(NC)C(C)C)C(=N)N. The molecule has 0 aromatic rings. The van der Waals surface area contributed by atoms with Crippen LogP contribution < -0.4 is 11.2 Å². The van der Waals surface area contributed by atoms with Gasteiger partial charge in [0.2, 0.25) is 0 Å². The Bertz CT molecular complexity index is 218. The van der Waals surface area contributed by atoms with Crippen molar-refractivity contribution in [1.29, 1.82) is 5.41 Å². The maximum absolute atomic E-state index is 7.10. The Balaban J connectivity index is 4.23. The van der Waals surface area contributed by atoms with Crippen molar-refractivity contribution in [2.45, 2.75) is 19.9 Å². The summed E-state index contributed by atoms with van der Waals surface area (Å²) in [5, 5.41) is 8.99. The van der Waals surface area contributed by atoms with Crippen LogP contribution in [0.5, 0.6) is 0 Å². The summed E-state index contributed by atoms with van der Waals surface area (Å²) in [5.41, 5.74) is 8.74. The third kappa shape index (κ3) is 4.32. The van der Waals surface area contributed by atoms with Gasteiger partial charge in [0.25, 0.3) is 0 Å². The quantitative estimate of drug-likeness (QED) is 0.255. The molecule has 0 aromatic heterocycles. The molecule has 4 heteroatoms. The molecule has 0 atom stereocenters. The molecule has 0 rings (SSSR count). The van der Waals surface area contributed by atoms with Crippen molar-refractivity contribution in [3.8, 4) is 0 Å². The predicted molar refractivity (Wildman–Crippen MR) is 56.2 cm³/mol. The van der Waals surface area contributed by atoms with Gasteiger partial charge in [0.1, 0.15) is 5.84 Å². The lowest BCUT2D eigenvalue weighted by atomic mass is 10.3. The van der Waals surface area contributed by atoms with Crippen molar-refractivity contribution in [2.24, 2.45) is 5.73 Å². The second-order valence-electron chi connectivity index (χ2n) is 2.98. The van der Waals surface area contributed by atoms with Gasteiger partial charge >= 0.3 is 0 Å². The van der Waals surface area contributed by atoms with E-state index in [4.69, 9.17) is 11.1 Å². The van der Waals surface area contributed by atoms with Gasteiger partial charge in [-0.3, -0.25) is 5.41 Å². The molecule has 0 heterocycles. The van der Waals surface area contributed by atoms with Crippen LogP contribution in [0.25, 0.3) is 0 Å². The standard InChI is InChI=1S/C9H18N4/c1-7(2)13(12-4)6-5-8(3)9(10)11/h5-7,12H,3H2,1-2,4H3,(H3,10,11)/b6-5-. The molecule has 0 aliphatic heterocycles. The molecule has 0 spiro atoms. The van der Waals surface area contributed by atoms with Gasteiger partial charge in [-0.25, -0.2) is 5.43 Å². The molecule has 0 aliphatic rings. The summed E-state index contributed by atoms with van der Waals surface area (Å²) in [5.74, 6) is -0.00365. The third-order valence-corrected chi connectivity index (χ3v) is 1.60. The zero-order chi connectivity index (χ0) is 10.4. The molecule has 13 heavy (non-hydrogen) atoms. The van der Waals surface area contributed by atoms with Gasteiger partial charge in [0, 0.05) is 24.9 Å².